The zero-order chi connectivity index (χ0) is 12.7. The number of carbonyl (C=O) groups is 1. The van der Waals surface area contributed by atoms with E-state index in [4.69, 9.17) is 5.73 Å². The van der Waals surface area contributed by atoms with E-state index in [1.54, 1.807) is 0 Å². The highest BCUT2D eigenvalue weighted by molar-refractivity contribution is 5.81. The van der Waals surface area contributed by atoms with Crippen LogP contribution in [0.25, 0.3) is 0 Å². The van der Waals surface area contributed by atoms with Gasteiger partial charge in [-0.25, -0.2) is 0 Å². The Morgan fingerprint density at radius 2 is 1.76 bits per heavy atom. The van der Waals surface area contributed by atoms with Crippen LogP contribution in [0.5, 0.6) is 0 Å². The summed E-state index contributed by atoms with van der Waals surface area (Å²) in [5, 5.41) is 0. The van der Waals surface area contributed by atoms with Gasteiger partial charge in [0.15, 0.2) is 0 Å². The first-order valence-electron chi connectivity index (χ1n) is 6.50. The number of carbonyl (C=O) groups excluding carboxylic acids is 1. The number of rotatable bonds is 7. The maximum atomic E-state index is 11.8. The Hall–Kier alpha value is -1.15. The number of ketones is 1. The lowest BCUT2D eigenvalue weighted by molar-refractivity contribution is -0.118. The predicted octanol–water partition coefficient (Wildman–Crippen LogP) is 2.88. The first-order valence-corrected chi connectivity index (χ1v) is 6.50. The molecule has 1 rings (SSSR count). The van der Waals surface area contributed by atoms with Gasteiger partial charge in [-0.15, -0.1) is 0 Å². The molecule has 0 fully saturated rings. The van der Waals surface area contributed by atoms with Crippen LogP contribution in [0.1, 0.15) is 44.2 Å². The van der Waals surface area contributed by atoms with Crippen molar-refractivity contribution in [3.05, 3.63) is 35.4 Å². The van der Waals surface area contributed by atoms with Crippen molar-refractivity contribution in [3.8, 4) is 0 Å². The summed E-state index contributed by atoms with van der Waals surface area (Å²) in [5.41, 5.74) is 8.27. The number of nitrogens with two attached hydrogens (primary N) is 1. The van der Waals surface area contributed by atoms with Crippen molar-refractivity contribution < 1.29 is 4.79 Å². The molecule has 1 aromatic carbocycles. The molecule has 0 aliphatic carbocycles. The van der Waals surface area contributed by atoms with E-state index in [2.05, 4.69) is 26.0 Å². The predicted molar refractivity (Wildman–Crippen MR) is 72.0 cm³/mol. The van der Waals surface area contributed by atoms with Crippen LogP contribution in [-0.2, 0) is 17.6 Å². The molecule has 1 aromatic rings. The fourth-order valence-electron chi connectivity index (χ4n) is 1.96. The van der Waals surface area contributed by atoms with Gasteiger partial charge < -0.3 is 5.73 Å². The SMILES string of the molecule is CCCC(N)CC(=O)Cc1ccc(CC)cc1. The summed E-state index contributed by atoms with van der Waals surface area (Å²) < 4.78 is 0. The van der Waals surface area contributed by atoms with Gasteiger partial charge in [0, 0.05) is 18.9 Å². The highest BCUT2D eigenvalue weighted by Crippen LogP contribution is 2.08. The molecule has 0 saturated heterocycles. The number of Topliss-reactive ketones (excluding diaryl/α,β-unsaturated/α-hetero) is 1. The van der Waals surface area contributed by atoms with Crippen LogP contribution in [0.2, 0.25) is 0 Å². The molecule has 0 aliphatic rings. The highest BCUT2D eigenvalue weighted by Gasteiger charge is 2.09. The van der Waals surface area contributed by atoms with E-state index in [9.17, 15) is 4.79 Å². The van der Waals surface area contributed by atoms with E-state index in [-0.39, 0.29) is 11.8 Å². The number of benzene rings is 1. The van der Waals surface area contributed by atoms with E-state index in [0.717, 1.165) is 24.8 Å². The Balaban J connectivity index is 2.44. The van der Waals surface area contributed by atoms with Gasteiger partial charge in [0.2, 0.25) is 0 Å². The fraction of sp³-hybridized carbons (Fsp3) is 0.533. The summed E-state index contributed by atoms with van der Waals surface area (Å²) in [7, 11) is 0. The van der Waals surface area contributed by atoms with E-state index in [0.29, 0.717) is 12.8 Å². The minimum atomic E-state index is 0.0300. The minimum Gasteiger partial charge on any atom is -0.327 e. The van der Waals surface area contributed by atoms with Gasteiger partial charge in [-0.1, -0.05) is 44.5 Å². The molecule has 0 aromatic heterocycles. The summed E-state index contributed by atoms with van der Waals surface area (Å²) in [6, 6.07) is 8.30. The van der Waals surface area contributed by atoms with Crippen LogP contribution in [0.4, 0.5) is 0 Å². The van der Waals surface area contributed by atoms with Gasteiger partial charge in [0.05, 0.1) is 0 Å². The van der Waals surface area contributed by atoms with Crippen molar-refractivity contribution >= 4 is 5.78 Å². The first-order chi connectivity index (χ1) is 8.15. The third-order valence-electron chi connectivity index (χ3n) is 2.98. The number of aryl methyl sites for hydroxylation is 1. The third kappa shape index (κ3) is 5.14. The van der Waals surface area contributed by atoms with Gasteiger partial charge >= 0.3 is 0 Å². The van der Waals surface area contributed by atoms with Gasteiger partial charge in [-0.2, -0.15) is 0 Å². The Bertz CT molecular complexity index is 342. The van der Waals surface area contributed by atoms with Gasteiger partial charge in [-0.3, -0.25) is 4.79 Å². The Morgan fingerprint density at radius 1 is 1.18 bits per heavy atom. The maximum Gasteiger partial charge on any atom is 0.138 e. The molecule has 94 valence electrons. The Kier molecular flexibility index (Phi) is 5.92. The lowest BCUT2D eigenvalue weighted by Crippen LogP contribution is -2.24. The molecule has 1 atom stereocenters. The molecule has 1 unspecified atom stereocenters. The van der Waals surface area contributed by atoms with Crippen LogP contribution in [0, 0.1) is 0 Å². The molecule has 0 amide bonds. The van der Waals surface area contributed by atoms with Crippen molar-refractivity contribution in [1.82, 2.24) is 0 Å². The summed E-state index contributed by atoms with van der Waals surface area (Å²) in [6.45, 7) is 4.22. The van der Waals surface area contributed by atoms with Crippen molar-refractivity contribution in [1.29, 1.82) is 0 Å². The van der Waals surface area contributed by atoms with Crippen LogP contribution < -0.4 is 5.73 Å². The van der Waals surface area contributed by atoms with E-state index in [1.165, 1.54) is 5.56 Å². The van der Waals surface area contributed by atoms with Gasteiger partial charge in [0.25, 0.3) is 0 Å². The second-order valence-corrected chi connectivity index (χ2v) is 4.64. The van der Waals surface area contributed by atoms with Crippen molar-refractivity contribution in [3.63, 3.8) is 0 Å². The number of hydrogen-bond donors (Lipinski definition) is 1. The molecule has 0 saturated carbocycles. The molecule has 0 bridgehead atoms. The van der Waals surface area contributed by atoms with E-state index < -0.39 is 0 Å². The molecule has 2 N–H and O–H groups in total. The summed E-state index contributed by atoms with van der Waals surface area (Å²) in [4.78, 5) is 11.8. The molecule has 0 heterocycles. The van der Waals surface area contributed by atoms with Crippen molar-refractivity contribution in [2.75, 3.05) is 0 Å². The topological polar surface area (TPSA) is 43.1 Å². The van der Waals surface area contributed by atoms with Crippen LogP contribution >= 0.6 is 0 Å². The second kappa shape index (κ2) is 7.23. The molecule has 0 aliphatic heterocycles. The number of hydrogen-bond acceptors (Lipinski definition) is 2. The smallest absolute Gasteiger partial charge is 0.138 e. The molecule has 0 spiro atoms. The molecule has 17 heavy (non-hydrogen) atoms. The average molecular weight is 233 g/mol. The lowest BCUT2D eigenvalue weighted by Gasteiger charge is -2.09. The van der Waals surface area contributed by atoms with Gasteiger partial charge in [0.1, 0.15) is 5.78 Å². The minimum absolute atomic E-state index is 0.0300. The quantitative estimate of drug-likeness (QED) is 0.787. The standard InChI is InChI=1S/C15H23NO/c1-3-5-14(16)11-15(17)10-13-8-6-12(4-2)7-9-13/h6-9,14H,3-5,10-11,16H2,1-2H3. The summed E-state index contributed by atoms with van der Waals surface area (Å²) in [6.07, 6.45) is 4.03. The van der Waals surface area contributed by atoms with Gasteiger partial charge in [-0.05, 0) is 24.0 Å². The van der Waals surface area contributed by atoms with Crippen LogP contribution in [0.15, 0.2) is 24.3 Å². The first kappa shape index (κ1) is 13.9. The Labute approximate surface area is 104 Å². The van der Waals surface area contributed by atoms with Crippen LogP contribution in [0.3, 0.4) is 0 Å². The molecular weight excluding hydrogens is 210 g/mol. The molecule has 2 heteroatoms. The average Bonchev–Trinajstić information content (AvgIpc) is 2.30. The summed E-state index contributed by atoms with van der Waals surface area (Å²) >= 11 is 0. The summed E-state index contributed by atoms with van der Waals surface area (Å²) in [5.74, 6) is 0.246. The largest absolute Gasteiger partial charge is 0.327 e. The Morgan fingerprint density at radius 3 is 2.29 bits per heavy atom. The lowest BCUT2D eigenvalue weighted by atomic mass is 10.0. The van der Waals surface area contributed by atoms with Crippen LogP contribution in [-0.4, -0.2) is 11.8 Å². The highest BCUT2D eigenvalue weighted by atomic mass is 16.1. The second-order valence-electron chi connectivity index (χ2n) is 4.64. The third-order valence-corrected chi connectivity index (χ3v) is 2.98. The zero-order valence-corrected chi connectivity index (χ0v) is 10.9. The van der Waals surface area contributed by atoms with Crippen molar-refractivity contribution in [2.45, 2.75) is 52.0 Å². The maximum absolute atomic E-state index is 11.8. The van der Waals surface area contributed by atoms with E-state index >= 15 is 0 Å². The van der Waals surface area contributed by atoms with E-state index in [1.807, 2.05) is 12.1 Å². The molecule has 2 nitrogen and oxygen atoms in total. The normalized spacial score (nSPS) is 12.4. The van der Waals surface area contributed by atoms with Crippen molar-refractivity contribution in [2.24, 2.45) is 5.73 Å². The zero-order valence-electron chi connectivity index (χ0n) is 10.9. The fourth-order valence-corrected chi connectivity index (χ4v) is 1.96. The molecular formula is C15H23NO. The molecule has 0 radical (unpaired) electrons. The monoisotopic (exact) mass is 233 g/mol.